The molecule has 0 spiro atoms. The lowest BCUT2D eigenvalue weighted by Gasteiger charge is -2.43. The molecule has 3 aromatic rings. The van der Waals surface area contributed by atoms with Crippen molar-refractivity contribution in [1.82, 2.24) is 0 Å². The minimum absolute atomic E-state index is 0.0482. The second kappa shape index (κ2) is 13.0. The van der Waals surface area contributed by atoms with Gasteiger partial charge in [0.05, 0.1) is 8.42 Å². The third-order valence-electron chi connectivity index (χ3n) is 5.71. The van der Waals surface area contributed by atoms with Crippen LogP contribution in [0.4, 0.5) is 0 Å². The first kappa shape index (κ1) is 27.2. The van der Waals surface area contributed by atoms with E-state index in [1.54, 1.807) is 22.7 Å². The molecular formula is C26H34OS5Si. The summed E-state index contributed by atoms with van der Waals surface area (Å²) in [5, 5.41) is 2.78. The molecule has 0 amide bonds. The maximum absolute atomic E-state index is 7.00. The van der Waals surface area contributed by atoms with Crippen LogP contribution in [0.5, 0.6) is 0 Å². The first-order valence-electron chi connectivity index (χ1n) is 11.4. The van der Waals surface area contributed by atoms with Gasteiger partial charge in [-0.3, -0.25) is 0 Å². The van der Waals surface area contributed by atoms with Crippen LogP contribution in [0, 0.1) is 3.14 Å². The van der Waals surface area contributed by atoms with Gasteiger partial charge in [0.25, 0.3) is 8.32 Å². The van der Waals surface area contributed by atoms with Crippen LogP contribution in [0.3, 0.4) is 0 Å². The van der Waals surface area contributed by atoms with E-state index in [9.17, 15) is 0 Å². The van der Waals surface area contributed by atoms with Crippen LogP contribution < -0.4 is 10.4 Å². The average Bonchev–Trinajstić information content (AvgIpc) is 3.18. The Labute approximate surface area is 222 Å². The molecule has 0 N–H and O–H groups in total. The van der Waals surface area contributed by atoms with Crippen molar-refractivity contribution in [1.29, 1.82) is 0 Å². The van der Waals surface area contributed by atoms with Crippen LogP contribution in [0.25, 0.3) is 0 Å². The Kier molecular flexibility index (Phi) is 10.7. The van der Waals surface area contributed by atoms with Gasteiger partial charge < -0.3 is 4.43 Å². The lowest BCUT2D eigenvalue weighted by molar-refractivity contribution is 0.287. The molecule has 0 saturated heterocycles. The summed E-state index contributed by atoms with van der Waals surface area (Å²) in [7, 11) is -2.39. The van der Waals surface area contributed by atoms with Crippen LogP contribution in [0.2, 0.25) is 5.04 Å². The molecule has 178 valence electrons. The minimum Gasteiger partial charge on any atom is -0.407 e. The van der Waals surface area contributed by atoms with Crippen LogP contribution in [-0.2, 0) is 4.43 Å². The summed E-state index contributed by atoms with van der Waals surface area (Å²) >= 11 is 12.7. The average molecular weight is 551 g/mol. The van der Waals surface area contributed by atoms with Crippen LogP contribution >= 0.6 is 58.4 Å². The van der Waals surface area contributed by atoms with E-state index in [0.29, 0.717) is 0 Å². The molecule has 0 atom stereocenters. The van der Waals surface area contributed by atoms with E-state index in [1.807, 2.05) is 23.5 Å². The van der Waals surface area contributed by atoms with Crippen molar-refractivity contribution in [3.63, 3.8) is 0 Å². The fourth-order valence-electron chi connectivity index (χ4n) is 4.18. The fourth-order valence-corrected chi connectivity index (χ4v) is 14.5. The molecular weight excluding hydrogens is 517 g/mol. The van der Waals surface area contributed by atoms with E-state index >= 15 is 0 Å². The van der Waals surface area contributed by atoms with Crippen molar-refractivity contribution in [3.8, 4) is 0 Å². The Bertz CT molecular complexity index is 985. The van der Waals surface area contributed by atoms with E-state index < -0.39 is 8.32 Å². The number of rotatable bonds is 12. The molecule has 0 fully saturated rings. The summed E-state index contributed by atoms with van der Waals surface area (Å²) in [6, 6.07) is 21.9. The Morgan fingerprint density at radius 3 is 1.91 bits per heavy atom. The van der Waals surface area contributed by atoms with E-state index in [0.717, 1.165) is 16.2 Å². The normalized spacial score (nSPS) is 12.2. The van der Waals surface area contributed by atoms with Crippen LogP contribution in [0.1, 0.15) is 46.5 Å². The Morgan fingerprint density at radius 2 is 1.36 bits per heavy atom. The fraction of sp³-hybridized carbons (Fsp3) is 0.423. The molecule has 0 aliphatic rings. The van der Waals surface area contributed by atoms with Gasteiger partial charge in [0.1, 0.15) is 3.14 Å². The Morgan fingerprint density at radius 1 is 0.818 bits per heavy atom. The summed E-state index contributed by atoms with van der Waals surface area (Å²) in [5.41, 5.74) is 0. The summed E-state index contributed by atoms with van der Waals surface area (Å²) in [5.74, 6) is 1.17. The van der Waals surface area contributed by atoms with Gasteiger partial charge in [0.15, 0.2) is 0 Å². The van der Waals surface area contributed by atoms with Crippen molar-refractivity contribution in [2.24, 2.45) is 0 Å². The molecule has 0 aliphatic carbocycles. The van der Waals surface area contributed by atoms with Gasteiger partial charge in [-0.1, -0.05) is 106 Å². The highest BCUT2D eigenvalue weighted by Gasteiger charge is 2.49. The zero-order valence-corrected chi connectivity index (χ0v) is 25.0. The first-order chi connectivity index (χ1) is 15.9. The van der Waals surface area contributed by atoms with Crippen LogP contribution in [-0.4, -0.2) is 26.9 Å². The first-order valence-corrected chi connectivity index (χ1v) is 17.6. The second-order valence-electron chi connectivity index (χ2n) is 9.01. The van der Waals surface area contributed by atoms with Crippen molar-refractivity contribution >= 4 is 77.1 Å². The predicted octanol–water partition coefficient (Wildman–Crippen LogP) is 8.49. The third kappa shape index (κ3) is 7.06. The van der Waals surface area contributed by atoms with E-state index in [-0.39, 0.29) is 5.04 Å². The third-order valence-corrected chi connectivity index (χ3v) is 16.3. The topological polar surface area (TPSA) is 9.23 Å². The van der Waals surface area contributed by atoms with Gasteiger partial charge in [-0.05, 0) is 40.3 Å². The van der Waals surface area contributed by atoms with E-state index in [2.05, 4.69) is 87.7 Å². The highest BCUT2D eigenvalue weighted by Crippen LogP contribution is 2.40. The number of thioether (sulfide) groups is 2. The van der Waals surface area contributed by atoms with Crippen molar-refractivity contribution in [2.45, 2.75) is 59.9 Å². The molecule has 1 aromatic heterocycles. The Hall–Kier alpha value is -0.413. The summed E-state index contributed by atoms with van der Waals surface area (Å²) in [6.45, 7) is 7.86. The zero-order chi connectivity index (χ0) is 23.7. The summed E-state index contributed by atoms with van der Waals surface area (Å²) in [4.78, 5) is 0. The van der Waals surface area contributed by atoms with E-state index in [1.165, 1.54) is 43.8 Å². The molecule has 3 rings (SSSR count). The summed E-state index contributed by atoms with van der Waals surface area (Å²) in [6.07, 6.45) is 6.97. The monoisotopic (exact) mass is 550 g/mol. The van der Waals surface area contributed by atoms with E-state index in [4.69, 9.17) is 16.6 Å². The van der Waals surface area contributed by atoms with Crippen molar-refractivity contribution < 1.29 is 4.43 Å². The van der Waals surface area contributed by atoms with Gasteiger partial charge in [-0.2, -0.15) is 0 Å². The molecule has 0 aliphatic heterocycles. The van der Waals surface area contributed by atoms with Gasteiger partial charge in [0, 0.05) is 6.61 Å². The molecule has 2 aromatic carbocycles. The van der Waals surface area contributed by atoms with Crippen molar-refractivity contribution in [3.05, 3.63) is 63.8 Å². The standard InChI is InChI=1S/C26H34OS5Si/c1-26(2,3)33(21-15-9-7-10-16-21,22-17-11-8-12-18-22)27-19-13-5-6-14-20-30-24-23(29-4)31-25(28)32-24/h7-12,15-18H,5-6,13-14,19-20H2,1-4H3. The van der Waals surface area contributed by atoms with Gasteiger partial charge in [0.2, 0.25) is 0 Å². The maximum Gasteiger partial charge on any atom is 0.261 e. The van der Waals surface area contributed by atoms with Crippen molar-refractivity contribution in [2.75, 3.05) is 18.6 Å². The predicted molar refractivity (Wildman–Crippen MR) is 158 cm³/mol. The van der Waals surface area contributed by atoms with Crippen LogP contribution in [0.15, 0.2) is 69.1 Å². The number of hydrogen-bond donors (Lipinski definition) is 0. The highest BCUT2D eigenvalue weighted by atomic mass is 32.2. The molecule has 0 bridgehead atoms. The molecule has 1 heterocycles. The van der Waals surface area contributed by atoms with Gasteiger partial charge in [-0.15, -0.1) is 46.2 Å². The second-order valence-corrected chi connectivity index (χ2v) is 19.0. The van der Waals surface area contributed by atoms with Gasteiger partial charge >= 0.3 is 0 Å². The molecule has 0 radical (unpaired) electrons. The molecule has 0 unspecified atom stereocenters. The quantitative estimate of drug-likeness (QED) is 0.0967. The molecule has 7 heteroatoms. The zero-order valence-electron chi connectivity index (χ0n) is 20.0. The number of unbranched alkanes of at least 4 members (excludes halogenated alkanes) is 3. The highest BCUT2D eigenvalue weighted by molar-refractivity contribution is 8.05. The SMILES string of the molecule is CSc1sc(=S)sc1SCCCCCCO[Si](c1ccccc1)(c1ccccc1)C(C)(C)C. The number of benzene rings is 2. The minimum atomic E-state index is -2.39. The lowest BCUT2D eigenvalue weighted by Crippen LogP contribution is -2.66. The molecule has 0 saturated carbocycles. The smallest absolute Gasteiger partial charge is 0.261 e. The number of hydrogen-bond acceptors (Lipinski definition) is 6. The largest absolute Gasteiger partial charge is 0.407 e. The van der Waals surface area contributed by atoms with Gasteiger partial charge in [-0.25, -0.2) is 0 Å². The lowest BCUT2D eigenvalue weighted by atomic mass is 10.2. The summed E-state index contributed by atoms with van der Waals surface area (Å²) < 4.78 is 10.8. The molecule has 1 nitrogen and oxygen atoms in total. The maximum atomic E-state index is 7.00. The Balaban J connectivity index is 1.57. The molecule has 33 heavy (non-hydrogen) atoms.